The van der Waals surface area contributed by atoms with Crippen LogP contribution in [-0.4, -0.2) is 35.7 Å². The first-order chi connectivity index (χ1) is 12.5. The number of hydrogen-bond acceptors (Lipinski definition) is 3. The molecule has 1 aliphatic heterocycles. The molecule has 140 valence electrons. The summed E-state index contributed by atoms with van der Waals surface area (Å²) in [6, 6.07) is 12.6. The number of carboxylic acid groups (broad SMARTS) is 1. The zero-order valence-electron chi connectivity index (χ0n) is 15.8. The molecule has 0 bridgehead atoms. The van der Waals surface area contributed by atoms with Crippen molar-refractivity contribution in [1.82, 2.24) is 4.90 Å². The van der Waals surface area contributed by atoms with Gasteiger partial charge in [-0.2, -0.15) is 0 Å². The summed E-state index contributed by atoms with van der Waals surface area (Å²) in [5.74, 6) is 0.728. The first kappa shape index (κ1) is 18.7. The molecule has 1 aliphatic rings. The Morgan fingerprint density at radius 2 is 1.92 bits per heavy atom. The van der Waals surface area contributed by atoms with E-state index >= 15 is 0 Å². The molecule has 26 heavy (non-hydrogen) atoms. The number of rotatable bonds is 7. The lowest BCUT2D eigenvalue weighted by Crippen LogP contribution is -2.36. The van der Waals surface area contributed by atoms with Crippen LogP contribution in [0.3, 0.4) is 0 Å². The lowest BCUT2D eigenvalue weighted by Gasteiger charge is -2.31. The number of piperidine rings is 1. The van der Waals surface area contributed by atoms with Gasteiger partial charge in [-0.15, -0.1) is 0 Å². The maximum absolute atomic E-state index is 11.2. The van der Waals surface area contributed by atoms with Crippen molar-refractivity contribution in [2.75, 3.05) is 19.7 Å². The second-order valence-electron chi connectivity index (χ2n) is 7.68. The van der Waals surface area contributed by atoms with E-state index in [0.717, 1.165) is 51.3 Å². The maximum Gasteiger partial charge on any atom is 0.306 e. The molecule has 0 radical (unpaired) electrons. The van der Waals surface area contributed by atoms with Crippen molar-refractivity contribution in [1.29, 1.82) is 0 Å². The number of likely N-dealkylation sites (tertiary alicyclic amines) is 1. The number of carbonyl (C=O) groups is 1. The van der Waals surface area contributed by atoms with Crippen LogP contribution in [-0.2, 0) is 11.3 Å². The number of nitrogens with zero attached hydrogens (tertiary/aromatic N) is 1. The molecule has 0 unspecified atom stereocenters. The summed E-state index contributed by atoms with van der Waals surface area (Å²) in [6.45, 7) is 7.60. The van der Waals surface area contributed by atoms with E-state index < -0.39 is 5.97 Å². The van der Waals surface area contributed by atoms with Gasteiger partial charge in [-0.05, 0) is 55.1 Å². The van der Waals surface area contributed by atoms with Gasteiger partial charge in [-0.1, -0.05) is 44.2 Å². The summed E-state index contributed by atoms with van der Waals surface area (Å²) in [5, 5.41) is 11.7. The molecule has 4 nitrogen and oxygen atoms in total. The Hall–Kier alpha value is -2.07. The summed E-state index contributed by atoms with van der Waals surface area (Å²) >= 11 is 0. The van der Waals surface area contributed by atoms with Crippen LogP contribution in [0.5, 0.6) is 5.75 Å². The van der Waals surface area contributed by atoms with Gasteiger partial charge in [0.1, 0.15) is 5.75 Å². The van der Waals surface area contributed by atoms with Gasteiger partial charge in [0.25, 0.3) is 0 Å². The number of fused-ring (bicyclic) bond motifs is 1. The quantitative estimate of drug-likeness (QED) is 0.791. The lowest BCUT2D eigenvalue weighted by molar-refractivity contribution is -0.143. The van der Waals surface area contributed by atoms with Gasteiger partial charge >= 0.3 is 5.97 Å². The molecule has 1 fully saturated rings. The van der Waals surface area contributed by atoms with Gasteiger partial charge < -0.3 is 9.84 Å². The van der Waals surface area contributed by atoms with Crippen molar-refractivity contribution in [2.24, 2.45) is 11.8 Å². The lowest BCUT2D eigenvalue weighted by atomic mass is 9.96. The number of hydrogen-bond donors (Lipinski definition) is 1. The smallest absolute Gasteiger partial charge is 0.306 e. The SMILES string of the molecule is CC(C)CCOc1ccc2ccccc2c1CN1CCC(C(=O)O)CC1. The second kappa shape index (κ2) is 8.54. The number of carboxylic acids is 1. The third-order valence-corrected chi connectivity index (χ3v) is 5.27. The first-order valence-corrected chi connectivity index (χ1v) is 9.63. The zero-order valence-corrected chi connectivity index (χ0v) is 15.8. The van der Waals surface area contributed by atoms with E-state index in [1.807, 2.05) is 0 Å². The Labute approximate surface area is 155 Å². The minimum Gasteiger partial charge on any atom is -0.493 e. The largest absolute Gasteiger partial charge is 0.493 e. The summed E-state index contributed by atoms with van der Waals surface area (Å²) < 4.78 is 6.14. The molecule has 0 aromatic heterocycles. The van der Waals surface area contributed by atoms with Gasteiger partial charge in [-0.25, -0.2) is 0 Å². The average Bonchev–Trinajstić information content (AvgIpc) is 2.63. The van der Waals surface area contributed by atoms with E-state index in [1.165, 1.54) is 16.3 Å². The first-order valence-electron chi connectivity index (χ1n) is 9.63. The van der Waals surface area contributed by atoms with E-state index in [9.17, 15) is 9.90 Å². The van der Waals surface area contributed by atoms with Crippen molar-refractivity contribution < 1.29 is 14.6 Å². The maximum atomic E-state index is 11.2. The van der Waals surface area contributed by atoms with E-state index in [1.54, 1.807) is 0 Å². The highest BCUT2D eigenvalue weighted by Crippen LogP contribution is 2.31. The summed E-state index contributed by atoms with van der Waals surface area (Å²) in [6.07, 6.45) is 2.49. The van der Waals surface area contributed by atoms with E-state index in [0.29, 0.717) is 5.92 Å². The molecule has 0 atom stereocenters. The molecule has 1 N–H and O–H groups in total. The molecule has 0 amide bonds. The molecule has 2 aromatic carbocycles. The normalized spacial score (nSPS) is 16.3. The Bertz CT molecular complexity index is 748. The van der Waals surface area contributed by atoms with E-state index in [2.05, 4.69) is 55.1 Å². The molecule has 1 saturated heterocycles. The number of aliphatic carboxylic acids is 1. The van der Waals surface area contributed by atoms with Gasteiger partial charge in [-0.3, -0.25) is 9.69 Å². The fraction of sp³-hybridized carbons (Fsp3) is 0.500. The monoisotopic (exact) mass is 355 g/mol. The zero-order chi connectivity index (χ0) is 18.5. The molecule has 3 rings (SSSR count). The number of ether oxygens (including phenoxy) is 1. The molecule has 0 spiro atoms. The van der Waals surface area contributed by atoms with Crippen LogP contribution in [0, 0.1) is 11.8 Å². The van der Waals surface area contributed by atoms with Crippen LogP contribution in [0.25, 0.3) is 10.8 Å². The molecular weight excluding hydrogens is 326 g/mol. The molecule has 2 aromatic rings. The van der Waals surface area contributed by atoms with Crippen LogP contribution in [0.4, 0.5) is 0 Å². The highest BCUT2D eigenvalue weighted by atomic mass is 16.5. The average molecular weight is 355 g/mol. The van der Waals surface area contributed by atoms with Crippen LogP contribution in [0.15, 0.2) is 36.4 Å². The van der Waals surface area contributed by atoms with Crippen molar-refractivity contribution >= 4 is 16.7 Å². The van der Waals surface area contributed by atoms with Crippen molar-refractivity contribution in [3.05, 3.63) is 42.0 Å². The van der Waals surface area contributed by atoms with Crippen LogP contribution < -0.4 is 4.74 Å². The summed E-state index contributed by atoms with van der Waals surface area (Å²) in [7, 11) is 0. The Morgan fingerprint density at radius 3 is 2.62 bits per heavy atom. The fourth-order valence-electron chi connectivity index (χ4n) is 3.58. The van der Waals surface area contributed by atoms with Crippen LogP contribution in [0.1, 0.15) is 38.7 Å². The molecule has 0 aliphatic carbocycles. The van der Waals surface area contributed by atoms with Gasteiger partial charge in [0.15, 0.2) is 0 Å². The van der Waals surface area contributed by atoms with Crippen LogP contribution >= 0.6 is 0 Å². The summed E-state index contributed by atoms with van der Waals surface area (Å²) in [5.41, 5.74) is 1.22. The molecular formula is C22H29NO3. The standard InChI is InChI=1S/C22H29NO3/c1-16(2)11-14-26-21-8-7-17-5-3-4-6-19(17)20(21)15-23-12-9-18(10-13-23)22(24)25/h3-8,16,18H,9-15H2,1-2H3,(H,24,25). The molecule has 1 heterocycles. The van der Waals surface area contributed by atoms with E-state index in [4.69, 9.17) is 4.74 Å². The van der Waals surface area contributed by atoms with Crippen molar-refractivity contribution in [3.63, 3.8) is 0 Å². The van der Waals surface area contributed by atoms with Gasteiger partial charge in [0.2, 0.25) is 0 Å². The molecule has 0 saturated carbocycles. The number of benzene rings is 2. The van der Waals surface area contributed by atoms with Crippen molar-refractivity contribution in [3.8, 4) is 5.75 Å². The summed E-state index contributed by atoms with van der Waals surface area (Å²) in [4.78, 5) is 13.5. The highest BCUT2D eigenvalue weighted by molar-refractivity contribution is 5.87. The predicted molar refractivity (Wildman–Crippen MR) is 105 cm³/mol. The van der Waals surface area contributed by atoms with Gasteiger partial charge in [0.05, 0.1) is 12.5 Å². The predicted octanol–water partition coefficient (Wildman–Crippen LogP) is 4.56. The second-order valence-corrected chi connectivity index (χ2v) is 7.68. The Balaban J connectivity index is 1.79. The topological polar surface area (TPSA) is 49.8 Å². The van der Waals surface area contributed by atoms with Gasteiger partial charge in [0, 0.05) is 12.1 Å². The minimum absolute atomic E-state index is 0.194. The van der Waals surface area contributed by atoms with Crippen LogP contribution in [0.2, 0.25) is 0 Å². The Morgan fingerprint density at radius 1 is 1.19 bits per heavy atom. The third kappa shape index (κ3) is 4.55. The van der Waals surface area contributed by atoms with Crippen molar-refractivity contribution in [2.45, 2.75) is 39.7 Å². The third-order valence-electron chi connectivity index (χ3n) is 5.27. The Kier molecular flexibility index (Phi) is 6.15. The fourth-order valence-corrected chi connectivity index (χ4v) is 3.58. The highest BCUT2D eigenvalue weighted by Gasteiger charge is 2.25. The minimum atomic E-state index is -0.660. The van der Waals surface area contributed by atoms with E-state index in [-0.39, 0.29) is 5.92 Å². The molecule has 4 heteroatoms.